The number of fused-ring (bicyclic) bond motifs is 1. The smallest absolute Gasteiger partial charge is 0.207 e. The van der Waals surface area contributed by atoms with Gasteiger partial charge < -0.3 is 4.98 Å². The van der Waals surface area contributed by atoms with Crippen LogP contribution in [0.15, 0.2) is 40.2 Å². The molecule has 1 aromatic carbocycles. The predicted molar refractivity (Wildman–Crippen MR) is 57.7 cm³/mol. The van der Waals surface area contributed by atoms with Gasteiger partial charge in [-0.15, -0.1) is 0 Å². The lowest BCUT2D eigenvalue weighted by Crippen LogP contribution is -2.14. The van der Waals surface area contributed by atoms with Crippen LogP contribution in [-0.4, -0.2) is 19.7 Å². The van der Waals surface area contributed by atoms with Crippen molar-refractivity contribution < 1.29 is 8.42 Å². The van der Waals surface area contributed by atoms with Crippen LogP contribution in [-0.2, 0) is 9.84 Å². The van der Waals surface area contributed by atoms with Crippen LogP contribution in [0.2, 0.25) is 0 Å². The first-order valence-corrected chi connectivity index (χ1v) is 6.20. The molecular weight excluding hydrogens is 214 g/mol. The quantitative estimate of drug-likeness (QED) is 0.782. The van der Waals surface area contributed by atoms with Gasteiger partial charge in [-0.2, -0.15) is 0 Å². The van der Waals surface area contributed by atoms with Crippen LogP contribution in [0.3, 0.4) is 0 Å². The van der Waals surface area contributed by atoms with Crippen molar-refractivity contribution in [1.29, 1.82) is 0 Å². The summed E-state index contributed by atoms with van der Waals surface area (Å²) >= 11 is 0. The largest absolute Gasteiger partial charge is 0.360 e. The third kappa shape index (κ3) is 1.66. The molecule has 0 saturated heterocycles. The summed E-state index contributed by atoms with van der Waals surface area (Å²) in [4.78, 5) is 14.4. The molecule has 1 heterocycles. The van der Waals surface area contributed by atoms with Gasteiger partial charge in [0.25, 0.3) is 0 Å². The third-order valence-corrected chi connectivity index (χ3v) is 3.26. The summed E-state index contributed by atoms with van der Waals surface area (Å²) in [6.45, 7) is 0. The summed E-state index contributed by atoms with van der Waals surface area (Å²) in [6, 6.07) is 6.80. The average molecular weight is 223 g/mol. The van der Waals surface area contributed by atoms with E-state index in [2.05, 4.69) is 4.98 Å². The minimum atomic E-state index is -3.47. The Morgan fingerprint density at radius 1 is 1.20 bits per heavy atom. The van der Waals surface area contributed by atoms with Gasteiger partial charge in [0, 0.05) is 23.4 Å². The Morgan fingerprint density at radius 3 is 2.53 bits per heavy atom. The number of H-pyrrole nitrogens is 1. The summed E-state index contributed by atoms with van der Waals surface area (Å²) in [7, 11) is -3.47. The van der Waals surface area contributed by atoms with Gasteiger partial charge in [-0.05, 0) is 12.1 Å². The lowest BCUT2D eigenvalue weighted by molar-refractivity contribution is 0.601. The summed E-state index contributed by atoms with van der Waals surface area (Å²) < 4.78 is 22.6. The van der Waals surface area contributed by atoms with E-state index in [4.69, 9.17) is 0 Å². The fourth-order valence-electron chi connectivity index (χ4n) is 1.42. The van der Waals surface area contributed by atoms with Crippen LogP contribution in [0.4, 0.5) is 0 Å². The first kappa shape index (κ1) is 9.92. The standard InChI is InChI=1S/C10H9NO3S/c1-15(13,14)9-6-11-8-5-3-2-4-7(8)10(9)12/h2-6H,1H3,(H,11,12). The van der Waals surface area contributed by atoms with Gasteiger partial charge in [-0.3, -0.25) is 4.79 Å². The molecule has 0 bridgehead atoms. The monoisotopic (exact) mass is 223 g/mol. The second-order valence-electron chi connectivity index (χ2n) is 3.30. The molecule has 1 N–H and O–H groups in total. The van der Waals surface area contributed by atoms with E-state index in [1.165, 1.54) is 6.20 Å². The van der Waals surface area contributed by atoms with Gasteiger partial charge in [-0.1, -0.05) is 12.1 Å². The van der Waals surface area contributed by atoms with Gasteiger partial charge in [0.1, 0.15) is 4.90 Å². The van der Waals surface area contributed by atoms with Crippen molar-refractivity contribution in [1.82, 2.24) is 4.98 Å². The van der Waals surface area contributed by atoms with E-state index in [-0.39, 0.29) is 4.90 Å². The Morgan fingerprint density at radius 2 is 1.87 bits per heavy atom. The maximum absolute atomic E-state index is 11.8. The molecule has 0 fully saturated rings. The molecule has 2 rings (SSSR count). The number of hydrogen-bond donors (Lipinski definition) is 1. The minimum absolute atomic E-state index is 0.193. The molecule has 0 spiro atoms. The number of rotatable bonds is 1. The van der Waals surface area contributed by atoms with Crippen molar-refractivity contribution in [2.45, 2.75) is 4.90 Å². The molecule has 0 unspecified atom stereocenters. The van der Waals surface area contributed by atoms with E-state index in [1.54, 1.807) is 24.3 Å². The Bertz CT molecular complexity index is 670. The fraction of sp³-hybridized carbons (Fsp3) is 0.100. The Hall–Kier alpha value is -1.62. The van der Waals surface area contributed by atoms with E-state index in [9.17, 15) is 13.2 Å². The number of benzene rings is 1. The van der Waals surface area contributed by atoms with Crippen LogP contribution in [0, 0.1) is 0 Å². The molecular formula is C10H9NO3S. The maximum atomic E-state index is 11.8. The minimum Gasteiger partial charge on any atom is -0.360 e. The molecule has 0 aliphatic heterocycles. The second-order valence-corrected chi connectivity index (χ2v) is 5.28. The zero-order valence-corrected chi connectivity index (χ0v) is 8.84. The topological polar surface area (TPSA) is 67.0 Å². The molecule has 0 aliphatic carbocycles. The van der Waals surface area contributed by atoms with Crippen LogP contribution in [0.5, 0.6) is 0 Å². The zero-order valence-electron chi connectivity index (χ0n) is 8.02. The number of aromatic nitrogens is 1. The van der Waals surface area contributed by atoms with Crippen LogP contribution >= 0.6 is 0 Å². The molecule has 1 aromatic heterocycles. The molecule has 0 atom stereocenters. The van der Waals surface area contributed by atoms with Crippen LogP contribution in [0.25, 0.3) is 10.9 Å². The Balaban J connectivity index is 2.95. The average Bonchev–Trinajstić information content (AvgIpc) is 2.16. The van der Waals surface area contributed by atoms with E-state index >= 15 is 0 Å². The molecule has 4 nitrogen and oxygen atoms in total. The molecule has 2 aromatic rings. The van der Waals surface area contributed by atoms with E-state index in [0.29, 0.717) is 10.9 Å². The molecule has 15 heavy (non-hydrogen) atoms. The van der Waals surface area contributed by atoms with Gasteiger partial charge in [-0.25, -0.2) is 8.42 Å². The normalized spacial score (nSPS) is 11.8. The Labute approximate surface area is 86.5 Å². The van der Waals surface area contributed by atoms with Crippen LogP contribution in [0.1, 0.15) is 0 Å². The molecule has 0 radical (unpaired) electrons. The number of para-hydroxylation sites is 1. The Kier molecular flexibility index (Phi) is 2.12. The SMILES string of the molecule is CS(=O)(=O)c1c[nH]c2ccccc2c1=O. The van der Waals surface area contributed by atoms with E-state index in [0.717, 1.165) is 6.26 Å². The number of hydrogen-bond acceptors (Lipinski definition) is 3. The first-order chi connectivity index (χ1) is 7.00. The van der Waals surface area contributed by atoms with E-state index < -0.39 is 15.3 Å². The van der Waals surface area contributed by atoms with E-state index in [1.807, 2.05) is 0 Å². The fourth-order valence-corrected chi connectivity index (χ4v) is 2.14. The maximum Gasteiger partial charge on any atom is 0.207 e. The molecule has 5 heteroatoms. The van der Waals surface area contributed by atoms with Crippen molar-refractivity contribution >= 4 is 20.7 Å². The molecule has 0 aliphatic rings. The number of sulfone groups is 1. The lowest BCUT2D eigenvalue weighted by atomic mass is 10.2. The zero-order chi connectivity index (χ0) is 11.1. The third-order valence-electron chi connectivity index (χ3n) is 2.15. The summed E-state index contributed by atoms with van der Waals surface area (Å²) in [5.41, 5.74) is 0.182. The van der Waals surface area contributed by atoms with Gasteiger partial charge in [0.2, 0.25) is 5.43 Å². The first-order valence-electron chi connectivity index (χ1n) is 4.30. The van der Waals surface area contributed by atoms with Crippen molar-refractivity contribution in [2.75, 3.05) is 6.26 Å². The number of aromatic amines is 1. The lowest BCUT2D eigenvalue weighted by Gasteiger charge is -2.00. The van der Waals surface area contributed by atoms with Crippen LogP contribution < -0.4 is 5.43 Å². The highest BCUT2D eigenvalue weighted by Crippen LogP contribution is 2.09. The number of nitrogens with one attached hydrogen (secondary N) is 1. The highest BCUT2D eigenvalue weighted by molar-refractivity contribution is 7.90. The highest BCUT2D eigenvalue weighted by atomic mass is 32.2. The van der Waals surface area contributed by atoms with Crippen molar-refractivity contribution in [3.63, 3.8) is 0 Å². The van der Waals surface area contributed by atoms with Gasteiger partial charge in [0.15, 0.2) is 9.84 Å². The summed E-state index contributed by atoms with van der Waals surface area (Å²) in [5, 5.41) is 0.389. The second kappa shape index (κ2) is 3.20. The molecule has 0 saturated carbocycles. The summed E-state index contributed by atoms with van der Waals surface area (Å²) in [5.74, 6) is 0. The van der Waals surface area contributed by atoms with Crippen molar-refractivity contribution in [3.8, 4) is 0 Å². The summed E-state index contributed by atoms with van der Waals surface area (Å²) in [6.07, 6.45) is 2.26. The van der Waals surface area contributed by atoms with Crippen molar-refractivity contribution in [3.05, 3.63) is 40.7 Å². The van der Waals surface area contributed by atoms with Gasteiger partial charge in [0.05, 0.1) is 0 Å². The van der Waals surface area contributed by atoms with Gasteiger partial charge >= 0.3 is 0 Å². The van der Waals surface area contributed by atoms with Crippen molar-refractivity contribution in [2.24, 2.45) is 0 Å². The molecule has 0 amide bonds. The molecule has 78 valence electrons. The predicted octanol–water partition coefficient (Wildman–Crippen LogP) is 0.932. The highest BCUT2D eigenvalue weighted by Gasteiger charge is 2.13. The number of pyridine rings is 1.